The second-order valence-corrected chi connectivity index (χ2v) is 8.56. The second kappa shape index (κ2) is 6.80. The average Bonchev–Trinajstić information content (AvgIpc) is 3.09. The number of piperidine rings is 1. The number of methoxy groups -OCH3 is 2. The Bertz CT molecular complexity index is 1010. The molecule has 1 saturated heterocycles. The third-order valence-electron chi connectivity index (χ3n) is 7.15. The van der Waals surface area contributed by atoms with E-state index in [1.165, 1.54) is 29.3 Å². The first-order chi connectivity index (χ1) is 14.0. The molecule has 3 aliphatic rings. The van der Waals surface area contributed by atoms with Crippen LogP contribution in [0.5, 0.6) is 5.75 Å². The Kier molecular flexibility index (Phi) is 4.35. The van der Waals surface area contributed by atoms with E-state index in [1.54, 1.807) is 13.4 Å². The van der Waals surface area contributed by atoms with Crippen molar-refractivity contribution in [2.45, 2.75) is 38.8 Å². The third kappa shape index (κ3) is 2.76. The molecule has 6 nitrogen and oxygen atoms in total. The maximum Gasteiger partial charge on any atom is 0.337 e. The van der Waals surface area contributed by atoms with Crippen LogP contribution in [-0.2, 0) is 20.7 Å². The SMILES string of the molecule is COC(=O)C1=COC(C)C2CN3CCc4c([nH]c5cc(C)c(OC)cc45)C3CC12. The van der Waals surface area contributed by atoms with Gasteiger partial charge in [0.1, 0.15) is 5.75 Å². The van der Waals surface area contributed by atoms with Crippen LogP contribution in [0.1, 0.15) is 36.2 Å². The number of rotatable bonds is 2. The van der Waals surface area contributed by atoms with Crippen molar-refractivity contribution in [1.82, 2.24) is 9.88 Å². The molecule has 6 heteroatoms. The lowest BCUT2D eigenvalue weighted by atomic mass is 9.72. The van der Waals surface area contributed by atoms with E-state index in [0.29, 0.717) is 11.5 Å². The minimum Gasteiger partial charge on any atom is -0.497 e. The number of esters is 1. The lowest BCUT2D eigenvalue weighted by Crippen LogP contribution is -2.51. The number of aromatic amines is 1. The van der Waals surface area contributed by atoms with Crippen molar-refractivity contribution in [3.8, 4) is 5.75 Å². The van der Waals surface area contributed by atoms with E-state index < -0.39 is 0 Å². The largest absolute Gasteiger partial charge is 0.497 e. The van der Waals surface area contributed by atoms with Gasteiger partial charge < -0.3 is 19.2 Å². The third-order valence-corrected chi connectivity index (χ3v) is 7.15. The molecule has 5 rings (SSSR count). The van der Waals surface area contributed by atoms with Crippen LogP contribution in [0.2, 0.25) is 0 Å². The number of carbonyl (C=O) groups is 1. The van der Waals surface area contributed by atoms with Gasteiger partial charge in [0, 0.05) is 41.5 Å². The van der Waals surface area contributed by atoms with Gasteiger partial charge in [0.25, 0.3) is 0 Å². The molecule has 1 N–H and O–H groups in total. The van der Waals surface area contributed by atoms with Crippen molar-refractivity contribution in [2.24, 2.45) is 11.8 Å². The summed E-state index contributed by atoms with van der Waals surface area (Å²) in [7, 11) is 3.17. The number of hydrogen-bond donors (Lipinski definition) is 1. The van der Waals surface area contributed by atoms with Gasteiger partial charge in [-0.2, -0.15) is 0 Å². The summed E-state index contributed by atoms with van der Waals surface area (Å²) in [5.41, 5.74) is 5.66. The molecule has 2 aromatic rings. The van der Waals surface area contributed by atoms with Crippen LogP contribution < -0.4 is 4.74 Å². The second-order valence-electron chi connectivity index (χ2n) is 8.56. The molecule has 3 aliphatic heterocycles. The van der Waals surface area contributed by atoms with Gasteiger partial charge in [-0.1, -0.05) is 0 Å². The van der Waals surface area contributed by atoms with Crippen molar-refractivity contribution in [2.75, 3.05) is 27.3 Å². The Balaban J connectivity index is 1.56. The minimum absolute atomic E-state index is 0.102. The molecule has 0 amide bonds. The molecule has 1 aromatic carbocycles. The molecule has 0 saturated carbocycles. The molecular formula is C23H28N2O4. The Morgan fingerprint density at radius 1 is 1.31 bits per heavy atom. The number of hydrogen-bond acceptors (Lipinski definition) is 5. The summed E-state index contributed by atoms with van der Waals surface area (Å²) in [6.45, 7) is 6.14. The van der Waals surface area contributed by atoms with E-state index in [2.05, 4.69) is 35.9 Å². The molecule has 4 atom stereocenters. The molecule has 1 aromatic heterocycles. The number of aromatic nitrogens is 1. The Morgan fingerprint density at radius 3 is 2.90 bits per heavy atom. The van der Waals surface area contributed by atoms with E-state index in [1.807, 2.05) is 0 Å². The molecule has 0 spiro atoms. The van der Waals surface area contributed by atoms with Crippen LogP contribution in [0.3, 0.4) is 0 Å². The zero-order valence-corrected chi connectivity index (χ0v) is 17.5. The highest BCUT2D eigenvalue weighted by atomic mass is 16.5. The summed E-state index contributed by atoms with van der Waals surface area (Å²) in [4.78, 5) is 18.6. The van der Waals surface area contributed by atoms with Crippen LogP contribution in [0.25, 0.3) is 10.9 Å². The standard InChI is InChI=1S/C23H28N2O4/c1-12-7-19-16(9-21(12)27-3)14-5-6-25-10-17-13(2)29-11-18(23(26)28-4)15(17)8-20(25)22(14)24-19/h7,9,11,13,15,17,20,24H,5-6,8,10H2,1-4H3. The van der Waals surface area contributed by atoms with E-state index in [9.17, 15) is 4.79 Å². The van der Waals surface area contributed by atoms with Crippen molar-refractivity contribution < 1.29 is 19.0 Å². The van der Waals surface area contributed by atoms with Gasteiger partial charge in [-0.15, -0.1) is 0 Å². The number of nitrogens with zero attached hydrogens (tertiary/aromatic N) is 1. The van der Waals surface area contributed by atoms with Gasteiger partial charge in [0.2, 0.25) is 0 Å². The summed E-state index contributed by atoms with van der Waals surface area (Å²) >= 11 is 0. The highest BCUT2D eigenvalue weighted by Crippen LogP contribution is 2.48. The number of benzene rings is 1. The first-order valence-electron chi connectivity index (χ1n) is 10.4. The number of carbonyl (C=O) groups excluding carboxylic acids is 1. The van der Waals surface area contributed by atoms with E-state index in [-0.39, 0.29) is 24.0 Å². The average molecular weight is 396 g/mol. The fourth-order valence-corrected chi connectivity index (χ4v) is 5.59. The predicted octanol–water partition coefficient (Wildman–Crippen LogP) is 3.50. The summed E-state index contributed by atoms with van der Waals surface area (Å²) in [6.07, 6.45) is 3.65. The minimum atomic E-state index is -0.270. The number of H-pyrrole nitrogens is 1. The lowest BCUT2D eigenvalue weighted by Gasteiger charge is -2.49. The predicted molar refractivity (Wildman–Crippen MR) is 110 cm³/mol. The van der Waals surface area contributed by atoms with Crippen molar-refractivity contribution in [3.05, 3.63) is 40.8 Å². The van der Waals surface area contributed by atoms with E-state index >= 15 is 0 Å². The molecule has 154 valence electrons. The number of ether oxygens (including phenoxy) is 3. The van der Waals surface area contributed by atoms with Gasteiger partial charge in [-0.05, 0) is 49.9 Å². The monoisotopic (exact) mass is 396 g/mol. The molecule has 4 heterocycles. The first-order valence-corrected chi connectivity index (χ1v) is 10.4. The normalized spacial score (nSPS) is 28.6. The Hall–Kier alpha value is -2.47. The van der Waals surface area contributed by atoms with Crippen molar-refractivity contribution in [3.63, 3.8) is 0 Å². The Morgan fingerprint density at radius 2 is 2.14 bits per heavy atom. The highest BCUT2D eigenvalue weighted by Gasteiger charge is 2.46. The zero-order valence-electron chi connectivity index (χ0n) is 17.5. The lowest BCUT2D eigenvalue weighted by molar-refractivity contribution is -0.139. The molecule has 1 fully saturated rings. The van der Waals surface area contributed by atoms with Crippen LogP contribution in [0, 0.1) is 18.8 Å². The molecule has 0 aliphatic carbocycles. The topological polar surface area (TPSA) is 63.8 Å². The number of aryl methyl sites for hydroxylation is 1. The van der Waals surface area contributed by atoms with Gasteiger partial charge in [0.05, 0.1) is 38.2 Å². The van der Waals surface area contributed by atoms with Crippen LogP contribution >= 0.6 is 0 Å². The fraction of sp³-hybridized carbons (Fsp3) is 0.522. The zero-order chi connectivity index (χ0) is 20.3. The summed E-state index contributed by atoms with van der Waals surface area (Å²) in [5, 5.41) is 1.26. The van der Waals surface area contributed by atoms with Gasteiger partial charge in [0.15, 0.2) is 0 Å². The molecule has 0 bridgehead atoms. The molecular weight excluding hydrogens is 368 g/mol. The summed E-state index contributed by atoms with van der Waals surface area (Å²) < 4.78 is 16.4. The Labute approximate surface area is 170 Å². The molecule has 4 unspecified atom stereocenters. The quantitative estimate of drug-likeness (QED) is 0.788. The molecule has 29 heavy (non-hydrogen) atoms. The van der Waals surface area contributed by atoms with Gasteiger partial charge >= 0.3 is 5.97 Å². The van der Waals surface area contributed by atoms with Crippen LogP contribution in [-0.4, -0.2) is 49.3 Å². The summed E-state index contributed by atoms with van der Waals surface area (Å²) in [5.74, 6) is 1.12. The van der Waals surface area contributed by atoms with Crippen LogP contribution in [0.15, 0.2) is 24.0 Å². The maximum atomic E-state index is 12.4. The maximum absolute atomic E-state index is 12.4. The number of fused-ring (bicyclic) bond motifs is 6. The van der Waals surface area contributed by atoms with Gasteiger partial charge in [-0.3, -0.25) is 4.90 Å². The van der Waals surface area contributed by atoms with Gasteiger partial charge in [-0.25, -0.2) is 4.79 Å². The smallest absolute Gasteiger partial charge is 0.337 e. The number of nitrogens with one attached hydrogen (secondary N) is 1. The van der Waals surface area contributed by atoms with Crippen molar-refractivity contribution >= 4 is 16.9 Å². The van der Waals surface area contributed by atoms with E-state index in [0.717, 1.165) is 37.2 Å². The fourth-order valence-electron chi connectivity index (χ4n) is 5.59. The highest BCUT2D eigenvalue weighted by molar-refractivity contribution is 5.89. The summed E-state index contributed by atoms with van der Waals surface area (Å²) in [6, 6.07) is 4.62. The van der Waals surface area contributed by atoms with E-state index in [4.69, 9.17) is 14.2 Å². The van der Waals surface area contributed by atoms with Crippen molar-refractivity contribution in [1.29, 1.82) is 0 Å². The molecule has 0 radical (unpaired) electrons. The first kappa shape index (κ1) is 18.6. The van der Waals surface area contributed by atoms with Crippen LogP contribution in [0.4, 0.5) is 0 Å².